The van der Waals surface area contributed by atoms with Crippen LogP contribution in [0, 0.1) is 26.6 Å². The maximum Gasteiger partial charge on any atom is 0.258 e. The smallest absolute Gasteiger partial charge is 0.258 e. The highest BCUT2D eigenvalue weighted by atomic mass is 19.1. The number of aryl methyl sites for hydroxylation is 3. The molecule has 0 bridgehead atoms. The first kappa shape index (κ1) is 18.2. The number of carbonyl (C=O) groups is 1. The lowest BCUT2D eigenvalue weighted by atomic mass is 10.0. The largest absolute Gasteiger partial charge is 0.360 e. The van der Waals surface area contributed by atoms with Gasteiger partial charge >= 0.3 is 0 Å². The molecule has 4 nitrogen and oxygen atoms in total. The Morgan fingerprint density at radius 2 is 1.75 bits per heavy atom. The first-order chi connectivity index (χ1) is 13.4. The highest BCUT2D eigenvalue weighted by Crippen LogP contribution is 2.36. The van der Waals surface area contributed by atoms with E-state index < -0.39 is 0 Å². The van der Waals surface area contributed by atoms with E-state index in [1.54, 1.807) is 35.4 Å². The van der Waals surface area contributed by atoms with Crippen LogP contribution < -0.4 is 5.32 Å². The number of anilines is 1. The van der Waals surface area contributed by atoms with Gasteiger partial charge in [-0.15, -0.1) is 0 Å². The molecule has 2 aromatic carbocycles. The standard InChI is InChI=1S/C23H22FN3O/c1-14-11-15(2)20(16(3)12-14)26-22-21-19(5-4-10-25-21)23(28)27(22)13-17-6-8-18(24)9-7-17/h4-12,22,26H,13H2,1-3H3/t22-/m1/s1. The Labute approximate surface area is 164 Å². The maximum atomic E-state index is 13.3. The van der Waals surface area contributed by atoms with Crippen molar-refractivity contribution >= 4 is 11.6 Å². The number of halogens is 1. The Balaban J connectivity index is 1.73. The Bertz CT molecular complexity index is 1020. The number of rotatable bonds is 4. The van der Waals surface area contributed by atoms with Crippen LogP contribution in [-0.2, 0) is 6.54 Å². The van der Waals surface area contributed by atoms with Crippen LogP contribution in [0.5, 0.6) is 0 Å². The van der Waals surface area contributed by atoms with Gasteiger partial charge in [0.1, 0.15) is 12.0 Å². The third kappa shape index (κ3) is 3.24. The zero-order valence-corrected chi connectivity index (χ0v) is 16.2. The van der Waals surface area contributed by atoms with Crippen LogP contribution >= 0.6 is 0 Å². The number of hydrogen-bond acceptors (Lipinski definition) is 3. The van der Waals surface area contributed by atoms with Gasteiger partial charge in [0, 0.05) is 18.4 Å². The number of nitrogens with one attached hydrogen (secondary N) is 1. The molecule has 1 amide bonds. The van der Waals surface area contributed by atoms with Crippen LogP contribution in [0.1, 0.15) is 44.5 Å². The fraction of sp³-hybridized carbons (Fsp3) is 0.217. The number of hydrogen-bond donors (Lipinski definition) is 1. The van der Waals surface area contributed by atoms with E-state index in [0.29, 0.717) is 17.8 Å². The number of amides is 1. The summed E-state index contributed by atoms with van der Waals surface area (Å²) in [7, 11) is 0. The molecule has 0 fully saturated rings. The summed E-state index contributed by atoms with van der Waals surface area (Å²) in [5.74, 6) is -0.366. The number of carbonyl (C=O) groups excluding carboxylic acids is 1. The highest BCUT2D eigenvalue weighted by Gasteiger charge is 2.38. The normalized spacial score (nSPS) is 15.6. The topological polar surface area (TPSA) is 45.2 Å². The molecule has 1 N–H and O–H groups in total. The second-order valence-corrected chi connectivity index (χ2v) is 7.32. The molecule has 1 aliphatic heterocycles. The average Bonchev–Trinajstić information content (AvgIpc) is 2.92. The molecule has 2 heterocycles. The SMILES string of the molecule is Cc1cc(C)c(N[C@H]2c3ncccc3C(=O)N2Cc2ccc(F)cc2)c(C)c1. The molecular weight excluding hydrogens is 353 g/mol. The molecule has 0 radical (unpaired) electrons. The first-order valence-corrected chi connectivity index (χ1v) is 9.29. The van der Waals surface area contributed by atoms with Crippen molar-refractivity contribution in [1.29, 1.82) is 0 Å². The van der Waals surface area contributed by atoms with E-state index in [-0.39, 0.29) is 17.9 Å². The monoisotopic (exact) mass is 375 g/mol. The van der Waals surface area contributed by atoms with Gasteiger partial charge in [-0.1, -0.05) is 29.8 Å². The van der Waals surface area contributed by atoms with E-state index in [9.17, 15) is 9.18 Å². The lowest BCUT2D eigenvalue weighted by Gasteiger charge is -2.28. The second-order valence-electron chi connectivity index (χ2n) is 7.32. The summed E-state index contributed by atoms with van der Waals surface area (Å²) in [5, 5.41) is 3.54. The summed E-state index contributed by atoms with van der Waals surface area (Å²) in [6, 6.07) is 14.1. The fourth-order valence-electron chi connectivity index (χ4n) is 3.88. The number of pyridine rings is 1. The van der Waals surface area contributed by atoms with Gasteiger partial charge in [0.25, 0.3) is 5.91 Å². The first-order valence-electron chi connectivity index (χ1n) is 9.29. The Hall–Kier alpha value is -3.21. The van der Waals surface area contributed by atoms with E-state index in [4.69, 9.17) is 0 Å². The molecule has 0 saturated carbocycles. The third-order valence-electron chi connectivity index (χ3n) is 5.12. The predicted octanol–water partition coefficient (Wildman–Crippen LogP) is 4.91. The van der Waals surface area contributed by atoms with E-state index in [0.717, 1.165) is 22.4 Å². The molecule has 5 heteroatoms. The Morgan fingerprint density at radius 3 is 2.43 bits per heavy atom. The number of fused-ring (bicyclic) bond motifs is 1. The second kappa shape index (κ2) is 7.08. The Kier molecular flexibility index (Phi) is 4.59. The molecule has 0 aliphatic carbocycles. The number of aromatic nitrogens is 1. The predicted molar refractivity (Wildman–Crippen MR) is 108 cm³/mol. The van der Waals surface area contributed by atoms with Crippen LogP contribution in [0.25, 0.3) is 0 Å². The molecule has 3 aromatic rings. The van der Waals surface area contributed by atoms with Gasteiger partial charge in [0.2, 0.25) is 0 Å². The third-order valence-corrected chi connectivity index (χ3v) is 5.12. The van der Waals surface area contributed by atoms with Gasteiger partial charge in [0.15, 0.2) is 0 Å². The van der Waals surface area contributed by atoms with Crippen LogP contribution in [0.3, 0.4) is 0 Å². The zero-order chi connectivity index (χ0) is 19.8. The molecule has 142 valence electrons. The van der Waals surface area contributed by atoms with Crippen molar-refractivity contribution in [3.05, 3.63) is 94.1 Å². The van der Waals surface area contributed by atoms with Gasteiger partial charge in [0.05, 0.1) is 11.3 Å². The Morgan fingerprint density at radius 1 is 1.07 bits per heavy atom. The molecular formula is C23H22FN3O. The average molecular weight is 375 g/mol. The van der Waals surface area contributed by atoms with Crippen molar-refractivity contribution in [3.63, 3.8) is 0 Å². The number of benzene rings is 2. The fourth-order valence-corrected chi connectivity index (χ4v) is 3.88. The lowest BCUT2D eigenvalue weighted by Crippen LogP contribution is -2.32. The van der Waals surface area contributed by atoms with Gasteiger partial charge in [-0.05, 0) is 61.7 Å². The van der Waals surface area contributed by atoms with Crippen LogP contribution in [0.15, 0.2) is 54.7 Å². The quantitative estimate of drug-likeness (QED) is 0.704. The van der Waals surface area contributed by atoms with Crippen molar-refractivity contribution < 1.29 is 9.18 Å². The minimum atomic E-state index is -0.381. The van der Waals surface area contributed by atoms with E-state index in [1.807, 2.05) is 0 Å². The molecule has 0 spiro atoms. The van der Waals surface area contributed by atoms with Crippen LogP contribution in [0.4, 0.5) is 10.1 Å². The summed E-state index contributed by atoms with van der Waals surface area (Å²) < 4.78 is 13.3. The molecule has 0 unspecified atom stereocenters. The molecule has 1 atom stereocenters. The highest BCUT2D eigenvalue weighted by molar-refractivity contribution is 5.99. The summed E-state index contributed by atoms with van der Waals surface area (Å²) in [4.78, 5) is 19.3. The molecule has 1 aliphatic rings. The van der Waals surface area contributed by atoms with Gasteiger partial charge < -0.3 is 10.2 Å². The van der Waals surface area contributed by atoms with Gasteiger partial charge in [-0.3, -0.25) is 9.78 Å². The van der Waals surface area contributed by atoms with Crippen LogP contribution in [0.2, 0.25) is 0 Å². The van der Waals surface area contributed by atoms with E-state index >= 15 is 0 Å². The maximum absolute atomic E-state index is 13.3. The van der Waals surface area contributed by atoms with Crippen molar-refractivity contribution in [1.82, 2.24) is 9.88 Å². The summed E-state index contributed by atoms with van der Waals surface area (Å²) >= 11 is 0. The van der Waals surface area contributed by atoms with Gasteiger partial charge in [-0.25, -0.2) is 4.39 Å². The minimum Gasteiger partial charge on any atom is -0.360 e. The van der Waals surface area contributed by atoms with Gasteiger partial charge in [-0.2, -0.15) is 0 Å². The lowest BCUT2D eigenvalue weighted by molar-refractivity contribution is 0.0727. The zero-order valence-electron chi connectivity index (χ0n) is 16.2. The summed E-state index contributed by atoms with van der Waals surface area (Å²) in [6.07, 6.45) is 1.32. The van der Waals surface area contributed by atoms with Crippen molar-refractivity contribution in [2.45, 2.75) is 33.5 Å². The van der Waals surface area contributed by atoms with E-state index in [1.165, 1.54) is 17.7 Å². The van der Waals surface area contributed by atoms with Crippen LogP contribution in [-0.4, -0.2) is 15.8 Å². The molecule has 4 rings (SSSR count). The van der Waals surface area contributed by atoms with Crippen molar-refractivity contribution in [3.8, 4) is 0 Å². The minimum absolute atomic E-state index is 0.0765. The van der Waals surface area contributed by atoms with Crippen molar-refractivity contribution in [2.75, 3.05) is 5.32 Å². The van der Waals surface area contributed by atoms with E-state index in [2.05, 4.69) is 43.2 Å². The number of nitrogens with zero attached hydrogens (tertiary/aromatic N) is 2. The molecule has 0 saturated heterocycles. The summed E-state index contributed by atoms with van der Waals surface area (Å²) in [5.41, 5.74) is 6.63. The molecule has 28 heavy (non-hydrogen) atoms. The molecule has 1 aromatic heterocycles. The van der Waals surface area contributed by atoms with Crippen molar-refractivity contribution in [2.24, 2.45) is 0 Å². The summed E-state index contributed by atoms with van der Waals surface area (Å²) in [6.45, 7) is 6.56.